The Morgan fingerprint density at radius 1 is 1.20 bits per heavy atom. The van der Waals surface area contributed by atoms with Crippen LogP contribution in [0.15, 0.2) is 23.2 Å². The molecular formula is C18H31IN4O2. The van der Waals surface area contributed by atoms with Gasteiger partial charge >= 0.3 is 0 Å². The summed E-state index contributed by atoms with van der Waals surface area (Å²) in [5, 5.41) is 6.69. The second kappa shape index (κ2) is 11.4. The fourth-order valence-electron chi connectivity index (χ4n) is 2.98. The van der Waals surface area contributed by atoms with Crippen molar-refractivity contribution in [3.8, 4) is 11.5 Å². The van der Waals surface area contributed by atoms with Gasteiger partial charge in [-0.05, 0) is 57.5 Å². The van der Waals surface area contributed by atoms with Crippen molar-refractivity contribution in [2.75, 3.05) is 53.3 Å². The van der Waals surface area contributed by atoms with Gasteiger partial charge in [-0.25, -0.2) is 0 Å². The molecule has 1 fully saturated rings. The molecule has 142 valence electrons. The van der Waals surface area contributed by atoms with Crippen LogP contribution in [0.3, 0.4) is 0 Å². The van der Waals surface area contributed by atoms with E-state index in [4.69, 9.17) is 9.47 Å². The highest BCUT2D eigenvalue weighted by atomic mass is 127. The third kappa shape index (κ3) is 6.89. The van der Waals surface area contributed by atoms with Crippen LogP contribution in [-0.4, -0.2) is 58.8 Å². The largest absolute Gasteiger partial charge is 0.493 e. The molecule has 1 saturated heterocycles. The van der Waals surface area contributed by atoms with Crippen molar-refractivity contribution in [1.82, 2.24) is 10.2 Å². The topological polar surface area (TPSA) is 58.1 Å². The molecule has 0 aliphatic carbocycles. The van der Waals surface area contributed by atoms with Crippen molar-refractivity contribution in [3.63, 3.8) is 0 Å². The Balaban J connectivity index is 0.00000312. The van der Waals surface area contributed by atoms with Crippen LogP contribution in [0.25, 0.3) is 0 Å². The monoisotopic (exact) mass is 462 g/mol. The fourth-order valence-corrected chi connectivity index (χ4v) is 2.98. The highest BCUT2D eigenvalue weighted by Crippen LogP contribution is 2.29. The number of likely N-dealkylation sites (tertiary alicyclic amines) is 1. The van der Waals surface area contributed by atoms with Gasteiger partial charge in [0.15, 0.2) is 17.5 Å². The Hall–Kier alpha value is -1.22. The summed E-state index contributed by atoms with van der Waals surface area (Å²) in [6.45, 7) is 3.36. The molecule has 1 aromatic carbocycles. The lowest BCUT2D eigenvalue weighted by Gasteiger charge is -2.29. The first-order chi connectivity index (χ1) is 11.7. The van der Waals surface area contributed by atoms with E-state index >= 15 is 0 Å². The number of hydrogen-bond donors (Lipinski definition) is 2. The number of anilines is 1. The molecule has 0 amide bonds. The first-order valence-electron chi connectivity index (χ1n) is 8.54. The summed E-state index contributed by atoms with van der Waals surface area (Å²) in [5.74, 6) is 3.00. The second-order valence-electron chi connectivity index (χ2n) is 6.23. The molecule has 2 rings (SSSR count). The molecule has 0 atom stereocenters. The lowest BCUT2D eigenvalue weighted by Crippen LogP contribution is -2.35. The van der Waals surface area contributed by atoms with E-state index in [9.17, 15) is 0 Å². The van der Waals surface area contributed by atoms with E-state index in [1.807, 2.05) is 18.2 Å². The maximum absolute atomic E-state index is 5.33. The Morgan fingerprint density at radius 3 is 2.48 bits per heavy atom. The molecule has 7 heteroatoms. The van der Waals surface area contributed by atoms with E-state index in [1.165, 1.54) is 32.4 Å². The minimum absolute atomic E-state index is 0. The summed E-state index contributed by atoms with van der Waals surface area (Å²) in [6, 6.07) is 5.74. The minimum Gasteiger partial charge on any atom is -0.493 e. The fraction of sp³-hybridized carbons (Fsp3) is 0.611. The van der Waals surface area contributed by atoms with Crippen molar-refractivity contribution in [2.24, 2.45) is 10.9 Å². The van der Waals surface area contributed by atoms with E-state index in [1.54, 1.807) is 21.3 Å². The number of aliphatic imine (C=N–C) groups is 1. The maximum atomic E-state index is 5.33. The number of guanidine groups is 1. The van der Waals surface area contributed by atoms with E-state index in [-0.39, 0.29) is 24.0 Å². The van der Waals surface area contributed by atoms with Crippen LogP contribution in [0.5, 0.6) is 11.5 Å². The van der Waals surface area contributed by atoms with Crippen LogP contribution in [0.1, 0.15) is 19.3 Å². The lowest BCUT2D eigenvalue weighted by atomic mass is 9.94. The van der Waals surface area contributed by atoms with Gasteiger partial charge in [0, 0.05) is 25.3 Å². The van der Waals surface area contributed by atoms with Gasteiger partial charge < -0.3 is 25.0 Å². The number of halogens is 1. The molecule has 1 aliphatic heterocycles. The van der Waals surface area contributed by atoms with Crippen LogP contribution in [0, 0.1) is 5.92 Å². The normalized spacial score (nSPS) is 16.1. The van der Waals surface area contributed by atoms with Crippen LogP contribution in [0.4, 0.5) is 5.69 Å². The molecule has 1 aromatic rings. The first kappa shape index (κ1) is 21.8. The van der Waals surface area contributed by atoms with Crippen LogP contribution in [0.2, 0.25) is 0 Å². The van der Waals surface area contributed by atoms with Gasteiger partial charge in [-0.3, -0.25) is 4.99 Å². The van der Waals surface area contributed by atoms with E-state index in [0.29, 0.717) is 11.5 Å². The molecule has 1 heterocycles. The van der Waals surface area contributed by atoms with Gasteiger partial charge in [0.1, 0.15) is 0 Å². The zero-order chi connectivity index (χ0) is 17.4. The third-order valence-electron chi connectivity index (χ3n) is 4.55. The number of benzene rings is 1. The van der Waals surface area contributed by atoms with Crippen molar-refractivity contribution in [1.29, 1.82) is 0 Å². The second-order valence-corrected chi connectivity index (χ2v) is 6.23. The smallest absolute Gasteiger partial charge is 0.195 e. The number of rotatable bonds is 6. The van der Waals surface area contributed by atoms with Gasteiger partial charge in [-0.15, -0.1) is 24.0 Å². The summed E-state index contributed by atoms with van der Waals surface area (Å²) in [4.78, 5) is 6.69. The Kier molecular flexibility index (Phi) is 9.96. The average molecular weight is 462 g/mol. The van der Waals surface area contributed by atoms with Crippen molar-refractivity contribution in [3.05, 3.63) is 18.2 Å². The number of nitrogens with one attached hydrogen (secondary N) is 2. The minimum atomic E-state index is 0. The van der Waals surface area contributed by atoms with Crippen LogP contribution < -0.4 is 20.1 Å². The average Bonchev–Trinajstić information content (AvgIpc) is 2.62. The zero-order valence-electron chi connectivity index (χ0n) is 15.7. The molecule has 1 aliphatic rings. The molecule has 0 spiro atoms. The molecule has 25 heavy (non-hydrogen) atoms. The van der Waals surface area contributed by atoms with Gasteiger partial charge in [0.2, 0.25) is 0 Å². The highest BCUT2D eigenvalue weighted by molar-refractivity contribution is 14.0. The Labute approximate surface area is 168 Å². The summed E-state index contributed by atoms with van der Waals surface area (Å²) < 4.78 is 10.6. The van der Waals surface area contributed by atoms with E-state index in [2.05, 4.69) is 27.6 Å². The number of hydrogen-bond acceptors (Lipinski definition) is 4. The molecule has 0 radical (unpaired) electrons. The molecule has 0 aromatic heterocycles. The first-order valence-corrected chi connectivity index (χ1v) is 8.54. The molecule has 0 unspecified atom stereocenters. The summed E-state index contributed by atoms with van der Waals surface area (Å²) >= 11 is 0. The number of piperidine rings is 1. The van der Waals surface area contributed by atoms with Crippen molar-refractivity contribution < 1.29 is 9.47 Å². The van der Waals surface area contributed by atoms with E-state index in [0.717, 1.165) is 24.1 Å². The predicted octanol–water partition coefficient (Wildman–Crippen LogP) is 3.04. The summed E-state index contributed by atoms with van der Waals surface area (Å²) in [7, 11) is 7.25. The molecule has 2 N–H and O–H groups in total. The predicted molar refractivity (Wildman–Crippen MR) is 115 cm³/mol. The third-order valence-corrected chi connectivity index (χ3v) is 4.55. The van der Waals surface area contributed by atoms with Crippen molar-refractivity contribution in [2.45, 2.75) is 19.3 Å². The van der Waals surface area contributed by atoms with Gasteiger partial charge in [0.05, 0.1) is 14.2 Å². The molecule has 6 nitrogen and oxygen atoms in total. The van der Waals surface area contributed by atoms with Crippen LogP contribution in [-0.2, 0) is 0 Å². The molecule has 0 saturated carbocycles. The quantitative estimate of drug-likeness (QED) is 0.387. The Bertz CT molecular complexity index is 546. The molecule has 0 bridgehead atoms. The van der Waals surface area contributed by atoms with Crippen molar-refractivity contribution >= 4 is 35.6 Å². The number of ether oxygens (including phenoxy) is 2. The standard InChI is InChI=1S/C18H30N4O2.HI/c1-19-18(20-10-7-14-8-11-22(2)12-9-14)21-15-5-6-16(23-3)17(13-15)24-4;/h5-6,13-14H,7-12H2,1-4H3,(H2,19,20,21);1H. The van der Waals surface area contributed by atoms with Gasteiger partial charge in [0.25, 0.3) is 0 Å². The van der Waals surface area contributed by atoms with E-state index < -0.39 is 0 Å². The zero-order valence-corrected chi connectivity index (χ0v) is 18.0. The summed E-state index contributed by atoms with van der Waals surface area (Å²) in [6.07, 6.45) is 3.76. The van der Waals surface area contributed by atoms with Crippen LogP contribution >= 0.6 is 24.0 Å². The summed E-state index contributed by atoms with van der Waals surface area (Å²) in [5.41, 5.74) is 0.917. The van der Waals surface area contributed by atoms with Gasteiger partial charge in [-0.2, -0.15) is 0 Å². The Morgan fingerprint density at radius 2 is 1.88 bits per heavy atom. The van der Waals surface area contributed by atoms with Gasteiger partial charge in [-0.1, -0.05) is 0 Å². The number of methoxy groups -OCH3 is 2. The lowest BCUT2D eigenvalue weighted by molar-refractivity contribution is 0.213. The maximum Gasteiger partial charge on any atom is 0.195 e. The highest BCUT2D eigenvalue weighted by Gasteiger charge is 2.16. The number of nitrogens with zero attached hydrogens (tertiary/aromatic N) is 2. The molecular weight excluding hydrogens is 431 g/mol. The SMILES string of the molecule is CN=C(NCCC1CCN(C)CC1)Nc1ccc(OC)c(OC)c1.I.